The van der Waals surface area contributed by atoms with E-state index in [1.54, 1.807) is 7.05 Å². The molecule has 0 saturated heterocycles. The zero-order valence-electron chi connectivity index (χ0n) is 16.9. The molecule has 30 heavy (non-hydrogen) atoms. The number of carbonyl (C=O) groups is 1. The number of fused-ring (bicyclic) bond motifs is 2. The molecule has 10 heteroatoms. The van der Waals surface area contributed by atoms with Crippen molar-refractivity contribution >= 4 is 17.1 Å². The van der Waals surface area contributed by atoms with Crippen LogP contribution in [0, 0.1) is 0 Å². The fourth-order valence-electron chi connectivity index (χ4n) is 3.42. The zero-order chi connectivity index (χ0) is 21.3. The van der Waals surface area contributed by atoms with Crippen LogP contribution in [0.1, 0.15) is 24.2 Å². The van der Waals surface area contributed by atoms with Crippen molar-refractivity contribution < 1.29 is 14.3 Å². The number of amides is 1. The molecular formula is C20H23N5O5. The van der Waals surface area contributed by atoms with Crippen LogP contribution in [-0.2, 0) is 31.7 Å². The van der Waals surface area contributed by atoms with E-state index in [9.17, 15) is 14.4 Å². The van der Waals surface area contributed by atoms with Gasteiger partial charge < -0.3 is 19.8 Å². The van der Waals surface area contributed by atoms with Crippen LogP contribution in [-0.4, -0.2) is 38.3 Å². The summed E-state index contributed by atoms with van der Waals surface area (Å²) in [6, 6.07) is 5.68. The van der Waals surface area contributed by atoms with Gasteiger partial charge in [-0.2, -0.15) is 0 Å². The van der Waals surface area contributed by atoms with Crippen LogP contribution in [0.2, 0.25) is 0 Å². The summed E-state index contributed by atoms with van der Waals surface area (Å²) in [5.41, 5.74) is 0.848. The van der Waals surface area contributed by atoms with E-state index in [0.29, 0.717) is 55.0 Å². The summed E-state index contributed by atoms with van der Waals surface area (Å²) >= 11 is 0. The van der Waals surface area contributed by atoms with Gasteiger partial charge in [0, 0.05) is 33.5 Å². The van der Waals surface area contributed by atoms with Crippen molar-refractivity contribution in [3.8, 4) is 11.5 Å². The number of aromatic nitrogens is 4. The second-order valence-electron chi connectivity index (χ2n) is 7.23. The fourth-order valence-corrected chi connectivity index (χ4v) is 3.42. The molecule has 10 nitrogen and oxygen atoms in total. The Hall–Kier alpha value is -3.56. The van der Waals surface area contributed by atoms with Crippen LogP contribution >= 0.6 is 0 Å². The Morgan fingerprint density at radius 1 is 1.17 bits per heavy atom. The van der Waals surface area contributed by atoms with Crippen LogP contribution in [0.15, 0.2) is 27.8 Å². The highest BCUT2D eigenvalue weighted by Crippen LogP contribution is 2.32. The monoisotopic (exact) mass is 413 g/mol. The Kier molecular flexibility index (Phi) is 5.30. The van der Waals surface area contributed by atoms with Gasteiger partial charge in [0.15, 0.2) is 17.1 Å². The number of rotatable bonds is 7. The van der Waals surface area contributed by atoms with Crippen molar-refractivity contribution in [1.82, 2.24) is 24.4 Å². The number of aryl methyl sites for hydroxylation is 3. The molecule has 0 bridgehead atoms. The topological polar surface area (TPSA) is 120 Å². The van der Waals surface area contributed by atoms with E-state index >= 15 is 0 Å². The molecule has 2 aromatic heterocycles. The SMILES string of the molecule is Cn1c(=O)c2[nH]c(CCCNC(=O)CCc3ccc4c(c3)OCO4)nc2n(C)c1=O. The van der Waals surface area contributed by atoms with Crippen LogP contribution in [0.3, 0.4) is 0 Å². The highest BCUT2D eigenvalue weighted by molar-refractivity contribution is 5.76. The molecule has 0 saturated carbocycles. The van der Waals surface area contributed by atoms with E-state index in [2.05, 4.69) is 15.3 Å². The molecule has 1 amide bonds. The van der Waals surface area contributed by atoms with Gasteiger partial charge in [0.2, 0.25) is 12.7 Å². The predicted octanol–water partition coefficient (Wildman–Crippen LogP) is 0.371. The standard InChI is InChI=1S/C20H23N5O5/c1-24-18-17(19(27)25(2)20(24)28)22-15(23-18)4-3-9-21-16(26)8-6-12-5-7-13-14(10-12)30-11-29-13/h5,7,10H,3-4,6,8-9,11H2,1-2H3,(H,21,26)(H,22,23). The van der Waals surface area contributed by atoms with E-state index in [-0.39, 0.29) is 12.7 Å². The number of ether oxygens (including phenoxy) is 2. The zero-order valence-corrected chi connectivity index (χ0v) is 16.9. The van der Waals surface area contributed by atoms with Gasteiger partial charge in [-0.3, -0.25) is 18.7 Å². The third-order valence-corrected chi connectivity index (χ3v) is 5.13. The van der Waals surface area contributed by atoms with E-state index in [0.717, 1.165) is 15.9 Å². The Balaban J connectivity index is 1.26. The molecule has 3 aromatic rings. The number of nitrogens with one attached hydrogen (secondary N) is 2. The van der Waals surface area contributed by atoms with Crippen LogP contribution in [0.4, 0.5) is 0 Å². The smallest absolute Gasteiger partial charge is 0.332 e. The minimum atomic E-state index is -0.416. The molecule has 158 valence electrons. The lowest BCUT2D eigenvalue weighted by atomic mass is 10.1. The maximum Gasteiger partial charge on any atom is 0.332 e. The number of imidazole rings is 1. The van der Waals surface area contributed by atoms with Crippen molar-refractivity contribution in [3.63, 3.8) is 0 Å². The van der Waals surface area contributed by atoms with E-state index in [1.165, 1.54) is 11.6 Å². The summed E-state index contributed by atoms with van der Waals surface area (Å²) in [5.74, 6) is 2.02. The summed E-state index contributed by atoms with van der Waals surface area (Å²) in [7, 11) is 3.01. The molecule has 2 N–H and O–H groups in total. The Morgan fingerprint density at radius 2 is 1.97 bits per heavy atom. The number of carbonyl (C=O) groups excluding carboxylic acids is 1. The van der Waals surface area contributed by atoms with E-state index < -0.39 is 11.2 Å². The second kappa shape index (κ2) is 8.05. The normalized spacial score (nSPS) is 12.5. The van der Waals surface area contributed by atoms with Gasteiger partial charge in [0.25, 0.3) is 5.56 Å². The van der Waals surface area contributed by atoms with Crippen molar-refractivity contribution in [2.45, 2.75) is 25.7 Å². The molecule has 0 radical (unpaired) electrons. The van der Waals surface area contributed by atoms with E-state index in [4.69, 9.17) is 9.47 Å². The number of hydrogen-bond acceptors (Lipinski definition) is 6. The highest BCUT2D eigenvalue weighted by atomic mass is 16.7. The Labute approximate surface area is 171 Å². The summed E-state index contributed by atoms with van der Waals surface area (Å²) in [6.07, 6.45) is 2.20. The van der Waals surface area contributed by atoms with Gasteiger partial charge in [-0.25, -0.2) is 9.78 Å². The van der Waals surface area contributed by atoms with Crippen molar-refractivity contribution in [3.05, 3.63) is 50.4 Å². The van der Waals surface area contributed by atoms with Crippen LogP contribution in [0.25, 0.3) is 11.2 Å². The molecule has 0 aliphatic carbocycles. The van der Waals surface area contributed by atoms with Gasteiger partial charge in [-0.05, 0) is 30.5 Å². The van der Waals surface area contributed by atoms with Gasteiger partial charge in [-0.1, -0.05) is 6.07 Å². The third-order valence-electron chi connectivity index (χ3n) is 5.13. The number of aromatic amines is 1. The molecule has 1 aliphatic heterocycles. The first kappa shape index (κ1) is 19.7. The molecule has 0 fully saturated rings. The van der Waals surface area contributed by atoms with Crippen molar-refractivity contribution in [2.24, 2.45) is 14.1 Å². The molecule has 0 atom stereocenters. The number of hydrogen-bond donors (Lipinski definition) is 2. The lowest BCUT2D eigenvalue weighted by Gasteiger charge is -2.05. The lowest BCUT2D eigenvalue weighted by molar-refractivity contribution is -0.121. The summed E-state index contributed by atoms with van der Waals surface area (Å²) in [5, 5.41) is 2.89. The van der Waals surface area contributed by atoms with Crippen molar-refractivity contribution in [1.29, 1.82) is 0 Å². The average Bonchev–Trinajstić information content (AvgIpc) is 3.39. The summed E-state index contributed by atoms with van der Waals surface area (Å²) < 4.78 is 13.0. The van der Waals surface area contributed by atoms with Crippen molar-refractivity contribution in [2.75, 3.05) is 13.3 Å². The fraction of sp³-hybridized carbons (Fsp3) is 0.400. The molecule has 0 spiro atoms. The summed E-state index contributed by atoms with van der Waals surface area (Å²) in [4.78, 5) is 43.6. The predicted molar refractivity (Wildman–Crippen MR) is 109 cm³/mol. The minimum absolute atomic E-state index is 0.0338. The summed E-state index contributed by atoms with van der Waals surface area (Å²) in [6.45, 7) is 0.726. The number of benzene rings is 1. The molecule has 1 aliphatic rings. The molecule has 0 unspecified atom stereocenters. The largest absolute Gasteiger partial charge is 0.454 e. The third kappa shape index (κ3) is 3.80. The first-order chi connectivity index (χ1) is 14.4. The first-order valence-corrected chi connectivity index (χ1v) is 9.74. The average molecular weight is 413 g/mol. The Bertz CT molecular complexity index is 1220. The molecular weight excluding hydrogens is 390 g/mol. The molecule has 4 rings (SSSR count). The maximum atomic E-state index is 12.2. The molecule has 1 aromatic carbocycles. The maximum absolute atomic E-state index is 12.2. The van der Waals surface area contributed by atoms with Gasteiger partial charge in [0.05, 0.1) is 0 Å². The van der Waals surface area contributed by atoms with Crippen LogP contribution in [0.5, 0.6) is 11.5 Å². The first-order valence-electron chi connectivity index (χ1n) is 9.74. The minimum Gasteiger partial charge on any atom is -0.454 e. The Morgan fingerprint density at radius 3 is 2.80 bits per heavy atom. The van der Waals surface area contributed by atoms with Gasteiger partial charge in [0.1, 0.15) is 11.3 Å². The highest BCUT2D eigenvalue weighted by Gasteiger charge is 2.14. The quantitative estimate of drug-likeness (QED) is 0.540. The van der Waals surface area contributed by atoms with Gasteiger partial charge in [-0.15, -0.1) is 0 Å². The lowest BCUT2D eigenvalue weighted by Crippen LogP contribution is -2.36. The second-order valence-corrected chi connectivity index (χ2v) is 7.23. The van der Waals surface area contributed by atoms with Gasteiger partial charge >= 0.3 is 5.69 Å². The van der Waals surface area contributed by atoms with E-state index in [1.807, 2.05) is 18.2 Å². The number of nitrogens with zero attached hydrogens (tertiary/aromatic N) is 3. The van der Waals surface area contributed by atoms with Crippen LogP contribution < -0.4 is 26.0 Å². The molecule has 3 heterocycles. The number of H-pyrrole nitrogens is 1.